The van der Waals surface area contributed by atoms with Crippen molar-refractivity contribution in [3.05, 3.63) is 60.2 Å². The smallest absolute Gasteiger partial charge is 0.323 e. The van der Waals surface area contributed by atoms with Crippen molar-refractivity contribution in [3.63, 3.8) is 0 Å². The lowest BCUT2D eigenvalue weighted by Crippen LogP contribution is -2.53. The Morgan fingerprint density at radius 1 is 0.935 bits per heavy atom. The van der Waals surface area contributed by atoms with Crippen LogP contribution in [0.1, 0.15) is 18.4 Å². The van der Waals surface area contributed by atoms with Gasteiger partial charge in [0.25, 0.3) is 0 Å². The number of ether oxygens (including phenoxy) is 2. The Balaban J connectivity index is 1.88. The largest absolute Gasteiger partial charge is 0.480 e. The number of hydrogen-bond acceptors (Lipinski definition) is 5. The summed E-state index contributed by atoms with van der Waals surface area (Å²) in [6.45, 7) is 0. The van der Waals surface area contributed by atoms with Crippen molar-refractivity contribution in [1.29, 1.82) is 0 Å². The van der Waals surface area contributed by atoms with E-state index >= 15 is 0 Å². The van der Waals surface area contributed by atoms with E-state index in [4.69, 9.17) is 9.47 Å². The molecule has 6 nitrogen and oxygen atoms in total. The summed E-state index contributed by atoms with van der Waals surface area (Å²) in [6.07, 6.45) is 0.531. The van der Waals surface area contributed by atoms with Gasteiger partial charge >= 0.3 is 17.9 Å². The third-order valence-electron chi connectivity index (χ3n) is 6.64. The summed E-state index contributed by atoms with van der Waals surface area (Å²) in [5, 5.41) is 14.1. The second-order valence-corrected chi connectivity index (χ2v) is 8.13. The molecular formula is C25H24O6. The molecule has 3 aromatic rings. The molecule has 0 radical (unpaired) electrons. The number of esters is 2. The number of hydrogen-bond donors (Lipinski definition) is 1. The van der Waals surface area contributed by atoms with E-state index in [1.165, 1.54) is 14.2 Å². The molecule has 1 aliphatic carbocycles. The van der Waals surface area contributed by atoms with E-state index in [-0.39, 0.29) is 25.2 Å². The fourth-order valence-electron chi connectivity index (χ4n) is 4.86. The van der Waals surface area contributed by atoms with Crippen molar-refractivity contribution >= 4 is 39.5 Å². The molecule has 3 aromatic carbocycles. The highest BCUT2D eigenvalue weighted by molar-refractivity contribution is 6.05. The molecule has 0 bridgehead atoms. The van der Waals surface area contributed by atoms with Gasteiger partial charge in [-0.1, -0.05) is 48.5 Å². The van der Waals surface area contributed by atoms with E-state index in [0.29, 0.717) is 0 Å². The number of fused-ring (bicyclic) bond motifs is 2. The summed E-state index contributed by atoms with van der Waals surface area (Å²) >= 11 is 0. The molecule has 6 heteroatoms. The van der Waals surface area contributed by atoms with Crippen LogP contribution in [-0.2, 0) is 30.3 Å². The molecule has 0 saturated heterocycles. The Morgan fingerprint density at radius 3 is 1.97 bits per heavy atom. The molecule has 1 unspecified atom stereocenters. The second kappa shape index (κ2) is 8.02. The minimum atomic E-state index is -1.79. The van der Waals surface area contributed by atoms with E-state index in [1.807, 2.05) is 48.5 Å². The van der Waals surface area contributed by atoms with Crippen molar-refractivity contribution in [1.82, 2.24) is 0 Å². The third kappa shape index (κ3) is 3.32. The topological polar surface area (TPSA) is 89.9 Å². The lowest BCUT2D eigenvalue weighted by molar-refractivity contribution is -0.179. The molecule has 0 aromatic heterocycles. The average Bonchev–Trinajstić information content (AvgIpc) is 2.75. The summed E-state index contributed by atoms with van der Waals surface area (Å²) in [6, 6.07) is 17.6. The molecule has 1 fully saturated rings. The van der Waals surface area contributed by atoms with Crippen molar-refractivity contribution in [2.75, 3.05) is 14.2 Å². The standard InChI is InChI=1S/C25H24O6/c1-30-22(26)17-12-18(13-17)25(23(27)28,24(29)31-2)14-21-19-9-5-3-7-15(19)11-16-8-4-6-10-20(16)21/h3-11,17-18H,12-14H2,1-2H3,(H,27,28)/t17-,18+,25?. The van der Waals surface area contributed by atoms with Gasteiger partial charge in [-0.05, 0) is 51.9 Å². The van der Waals surface area contributed by atoms with Gasteiger partial charge in [-0.25, -0.2) is 0 Å². The van der Waals surface area contributed by atoms with E-state index < -0.39 is 29.2 Å². The molecule has 1 N–H and O–H groups in total. The fraction of sp³-hybridized carbons (Fsp3) is 0.320. The van der Waals surface area contributed by atoms with Crippen LogP contribution in [0.3, 0.4) is 0 Å². The fourth-order valence-corrected chi connectivity index (χ4v) is 4.86. The van der Waals surface area contributed by atoms with Gasteiger partial charge in [0.1, 0.15) is 0 Å². The van der Waals surface area contributed by atoms with Gasteiger partial charge < -0.3 is 14.6 Å². The zero-order chi connectivity index (χ0) is 22.2. The lowest BCUT2D eigenvalue weighted by atomic mass is 9.58. The molecule has 1 aliphatic rings. The number of aliphatic carboxylic acids is 1. The minimum Gasteiger partial charge on any atom is -0.480 e. The number of carbonyl (C=O) groups excluding carboxylic acids is 2. The molecule has 4 rings (SSSR count). The van der Waals surface area contributed by atoms with Crippen LogP contribution >= 0.6 is 0 Å². The maximum absolute atomic E-state index is 13.0. The first-order valence-corrected chi connectivity index (χ1v) is 10.2. The Hall–Kier alpha value is -3.41. The van der Waals surface area contributed by atoms with Crippen LogP contribution in [0.15, 0.2) is 54.6 Å². The number of methoxy groups -OCH3 is 2. The summed E-state index contributed by atoms with van der Waals surface area (Å²) in [5.74, 6) is -3.33. The average molecular weight is 420 g/mol. The lowest BCUT2D eigenvalue weighted by Gasteiger charge is -2.43. The third-order valence-corrected chi connectivity index (χ3v) is 6.64. The van der Waals surface area contributed by atoms with Crippen LogP contribution < -0.4 is 0 Å². The van der Waals surface area contributed by atoms with Gasteiger partial charge in [-0.3, -0.25) is 14.4 Å². The molecule has 0 spiro atoms. The zero-order valence-corrected chi connectivity index (χ0v) is 17.5. The summed E-state index contributed by atoms with van der Waals surface area (Å²) in [5.41, 5.74) is -0.991. The molecule has 1 atom stereocenters. The van der Waals surface area contributed by atoms with E-state index in [2.05, 4.69) is 6.07 Å². The molecule has 0 heterocycles. The monoisotopic (exact) mass is 420 g/mol. The Labute approximate surface area is 179 Å². The molecule has 0 aliphatic heterocycles. The van der Waals surface area contributed by atoms with E-state index in [9.17, 15) is 19.5 Å². The number of rotatable bonds is 6. The van der Waals surface area contributed by atoms with Crippen LogP contribution in [0.2, 0.25) is 0 Å². The first-order valence-electron chi connectivity index (χ1n) is 10.2. The minimum absolute atomic E-state index is 0.0184. The van der Waals surface area contributed by atoms with Gasteiger partial charge in [-0.2, -0.15) is 0 Å². The SMILES string of the molecule is COC(=O)C(Cc1c2ccccc2cc2ccccc12)(C(=O)O)[C@H]1C[C@@H](C(=O)OC)C1. The van der Waals surface area contributed by atoms with Gasteiger partial charge in [0.05, 0.1) is 20.1 Å². The molecule has 0 amide bonds. The van der Waals surface area contributed by atoms with Crippen molar-refractivity contribution in [2.45, 2.75) is 19.3 Å². The Morgan fingerprint density at radius 2 is 1.48 bits per heavy atom. The summed E-state index contributed by atoms with van der Waals surface area (Å²) in [7, 11) is 2.51. The Bertz CT molecular complexity index is 1120. The summed E-state index contributed by atoms with van der Waals surface area (Å²) in [4.78, 5) is 37.6. The number of carboxylic acids is 1. The maximum Gasteiger partial charge on any atom is 0.323 e. The van der Waals surface area contributed by atoms with Crippen molar-refractivity contribution < 1.29 is 29.0 Å². The van der Waals surface area contributed by atoms with Crippen LogP contribution in [0.25, 0.3) is 21.5 Å². The molecular weight excluding hydrogens is 396 g/mol. The number of benzene rings is 3. The van der Waals surface area contributed by atoms with Gasteiger partial charge in [0, 0.05) is 6.42 Å². The zero-order valence-electron chi connectivity index (χ0n) is 17.5. The van der Waals surface area contributed by atoms with Crippen molar-refractivity contribution in [3.8, 4) is 0 Å². The van der Waals surface area contributed by atoms with Crippen molar-refractivity contribution in [2.24, 2.45) is 17.3 Å². The predicted octanol–water partition coefficient (Wildman–Crippen LogP) is 3.98. The number of carboxylic acid groups (broad SMARTS) is 1. The summed E-state index contributed by atoms with van der Waals surface area (Å²) < 4.78 is 9.81. The van der Waals surface area contributed by atoms with Gasteiger partial charge in [0.2, 0.25) is 0 Å². The first-order chi connectivity index (χ1) is 14.9. The van der Waals surface area contributed by atoms with Crippen LogP contribution in [0, 0.1) is 17.3 Å². The number of carbonyl (C=O) groups is 3. The van der Waals surface area contributed by atoms with E-state index in [1.54, 1.807) is 0 Å². The highest BCUT2D eigenvalue weighted by atomic mass is 16.5. The van der Waals surface area contributed by atoms with Gasteiger partial charge in [0.15, 0.2) is 5.41 Å². The highest BCUT2D eigenvalue weighted by Gasteiger charge is 2.59. The molecule has 160 valence electrons. The first kappa shape index (κ1) is 20.8. The quantitative estimate of drug-likeness (QED) is 0.369. The van der Waals surface area contributed by atoms with Crippen LogP contribution in [0.4, 0.5) is 0 Å². The molecule has 31 heavy (non-hydrogen) atoms. The van der Waals surface area contributed by atoms with Crippen LogP contribution in [-0.4, -0.2) is 37.2 Å². The second-order valence-electron chi connectivity index (χ2n) is 8.13. The van der Waals surface area contributed by atoms with Crippen LogP contribution in [0.5, 0.6) is 0 Å². The molecule has 1 saturated carbocycles. The van der Waals surface area contributed by atoms with Gasteiger partial charge in [-0.15, -0.1) is 0 Å². The maximum atomic E-state index is 13.0. The van der Waals surface area contributed by atoms with E-state index in [0.717, 1.165) is 27.1 Å². The highest BCUT2D eigenvalue weighted by Crippen LogP contribution is 2.50. The normalized spacial score (nSPS) is 19.9. The Kier molecular flexibility index (Phi) is 5.39. The predicted molar refractivity (Wildman–Crippen MR) is 115 cm³/mol.